The van der Waals surface area contributed by atoms with Gasteiger partial charge in [-0.3, -0.25) is 14.1 Å². The van der Waals surface area contributed by atoms with Gasteiger partial charge in [-0.25, -0.2) is 8.42 Å². The van der Waals surface area contributed by atoms with Gasteiger partial charge in [0.2, 0.25) is 0 Å². The lowest BCUT2D eigenvalue weighted by molar-refractivity contribution is -0.116. The number of thiophene rings is 1. The maximum atomic E-state index is 12.9. The monoisotopic (exact) mass is 433 g/mol. The summed E-state index contributed by atoms with van der Waals surface area (Å²) in [4.78, 5) is 19.3. The van der Waals surface area contributed by atoms with Crippen molar-refractivity contribution in [1.82, 2.24) is 4.98 Å². The highest BCUT2D eigenvalue weighted by molar-refractivity contribution is 8.15. The molecule has 4 rings (SSSR count). The Balaban J connectivity index is 1.68. The zero-order chi connectivity index (χ0) is 19.9. The van der Waals surface area contributed by atoms with Crippen molar-refractivity contribution in [3.8, 4) is 0 Å². The van der Waals surface area contributed by atoms with Crippen LogP contribution in [-0.2, 0) is 14.8 Å². The van der Waals surface area contributed by atoms with Crippen molar-refractivity contribution < 1.29 is 13.2 Å². The Kier molecular flexibility index (Phi) is 5.07. The SMILES string of the molecule is CC(=O)CC1CN=C(c2cc3cccc(N(C)S(=O)(=O)c4cccs4)c3[nH]2)S1. The molecule has 28 heavy (non-hydrogen) atoms. The molecule has 1 aliphatic heterocycles. The van der Waals surface area contributed by atoms with Crippen LogP contribution in [-0.4, -0.2) is 43.1 Å². The number of benzene rings is 1. The fourth-order valence-electron chi connectivity index (χ4n) is 3.19. The number of nitrogens with zero attached hydrogens (tertiary/aromatic N) is 2. The zero-order valence-corrected chi connectivity index (χ0v) is 17.8. The molecule has 6 nitrogen and oxygen atoms in total. The minimum atomic E-state index is -3.61. The second-order valence-electron chi connectivity index (χ2n) is 6.62. The minimum absolute atomic E-state index is 0.160. The second-order valence-corrected chi connectivity index (χ2v) is 11.1. The lowest BCUT2D eigenvalue weighted by atomic mass is 10.2. The molecule has 1 unspecified atom stereocenters. The Morgan fingerprint density at radius 1 is 1.32 bits per heavy atom. The van der Waals surface area contributed by atoms with Crippen molar-refractivity contribution >= 4 is 60.5 Å². The van der Waals surface area contributed by atoms with Gasteiger partial charge in [-0.1, -0.05) is 30.0 Å². The number of fused-ring (bicyclic) bond motifs is 1. The van der Waals surface area contributed by atoms with E-state index < -0.39 is 10.0 Å². The largest absolute Gasteiger partial charge is 0.351 e. The summed E-state index contributed by atoms with van der Waals surface area (Å²) in [6, 6.07) is 10.9. The number of nitrogens with one attached hydrogen (secondary N) is 1. The summed E-state index contributed by atoms with van der Waals surface area (Å²) in [5.41, 5.74) is 2.18. The predicted molar refractivity (Wildman–Crippen MR) is 116 cm³/mol. The topological polar surface area (TPSA) is 82.6 Å². The van der Waals surface area contributed by atoms with E-state index >= 15 is 0 Å². The molecule has 0 spiro atoms. The van der Waals surface area contributed by atoms with Crippen molar-refractivity contribution in [2.75, 3.05) is 17.9 Å². The predicted octanol–water partition coefficient (Wildman–Crippen LogP) is 3.90. The molecule has 0 fully saturated rings. The highest BCUT2D eigenvalue weighted by Gasteiger charge is 2.26. The number of hydrogen-bond donors (Lipinski definition) is 1. The van der Waals surface area contributed by atoms with Gasteiger partial charge in [0, 0.05) is 24.1 Å². The van der Waals surface area contributed by atoms with Crippen molar-refractivity contribution in [1.29, 1.82) is 0 Å². The van der Waals surface area contributed by atoms with Crippen LogP contribution in [0.5, 0.6) is 0 Å². The normalized spacial score (nSPS) is 17.1. The number of carbonyl (C=O) groups excluding carboxylic acids is 1. The van der Waals surface area contributed by atoms with Crippen LogP contribution in [0.4, 0.5) is 5.69 Å². The number of Topliss-reactive ketones (excluding diaryl/α,β-unsaturated/α-hetero) is 1. The van der Waals surface area contributed by atoms with Gasteiger partial charge in [0.15, 0.2) is 0 Å². The fraction of sp³-hybridized carbons (Fsp3) is 0.263. The third-order valence-corrected chi connectivity index (χ3v) is 8.91. The summed E-state index contributed by atoms with van der Waals surface area (Å²) >= 11 is 2.79. The van der Waals surface area contributed by atoms with E-state index in [1.807, 2.05) is 18.2 Å². The van der Waals surface area contributed by atoms with Crippen LogP contribution in [0.25, 0.3) is 10.9 Å². The molecule has 1 atom stereocenters. The number of hydrogen-bond acceptors (Lipinski definition) is 6. The molecule has 3 heterocycles. The van der Waals surface area contributed by atoms with Gasteiger partial charge in [0.25, 0.3) is 10.0 Å². The summed E-state index contributed by atoms with van der Waals surface area (Å²) in [6.45, 7) is 2.21. The number of ketones is 1. The van der Waals surface area contributed by atoms with Gasteiger partial charge >= 0.3 is 0 Å². The number of rotatable bonds is 6. The Bertz CT molecular complexity index is 1160. The number of carbonyl (C=O) groups is 1. The summed E-state index contributed by atoms with van der Waals surface area (Å²) < 4.78 is 27.4. The van der Waals surface area contributed by atoms with Gasteiger partial charge in [0.1, 0.15) is 15.0 Å². The average Bonchev–Trinajstić information content (AvgIpc) is 3.39. The Morgan fingerprint density at radius 3 is 2.86 bits per heavy atom. The number of aliphatic imine (C=N–C) groups is 1. The number of aromatic nitrogens is 1. The summed E-state index contributed by atoms with van der Waals surface area (Å²) in [5, 5.41) is 3.69. The number of aromatic amines is 1. The third kappa shape index (κ3) is 3.49. The van der Waals surface area contributed by atoms with Gasteiger partial charge in [0.05, 0.1) is 23.4 Å². The lowest BCUT2D eigenvalue weighted by Gasteiger charge is -2.19. The van der Waals surface area contributed by atoms with Crippen molar-refractivity contribution in [2.45, 2.75) is 22.8 Å². The average molecular weight is 434 g/mol. The molecular formula is C19H19N3O3S3. The molecule has 2 aromatic heterocycles. The Labute approximate surface area is 171 Å². The molecule has 0 radical (unpaired) electrons. The first-order chi connectivity index (χ1) is 13.4. The maximum absolute atomic E-state index is 12.9. The standard InChI is InChI=1S/C19H19N3O3S3/c1-12(23)9-14-11-20-19(27-14)15-10-13-5-3-6-16(18(13)21-15)22(2)28(24,25)17-7-4-8-26-17/h3-8,10,14,21H,9,11H2,1-2H3. The smallest absolute Gasteiger partial charge is 0.273 e. The highest BCUT2D eigenvalue weighted by atomic mass is 32.2. The second kappa shape index (κ2) is 7.38. The number of sulfonamides is 1. The Hall–Kier alpha value is -2.10. The van der Waals surface area contributed by atoms with Crippen LogP contribution in [0.2, 0.25) is 0 Å². The van der Waals surface area contributed by atoms with Gasteiger partial charge in [-0.2, -0.15) is 0 Å². The van der Waals surface area contributed by atoms with Crippen molar-refractivity contribution in [3.05, 3.63) is 47.5 Å². The van der Waals surface area contributed by atoms with Crippen LogP contribution >= 0.6 is 23.1 Å². The number of anilines is 1. The minimum Gasteiger partial charge on any atom is -0.351 e. The van der Waals surface area contributed by atoms with E-state index in [0.717, 1.165) is 21.6 Å². The molecule has 0 amide bonds. The van der Waals surface area contributed by atoms with Gasteiger partial charge in [-0.15, -0.1) is 11.3 Å². The van der Waals surface area contributed by atoms with Crippen molar-refractivity contribution in [2.24, 2.45) is 4.99 Å². The van der Waals surface area contributed by atoms with E-state index in [9.17, 15) is 13.2 Å². The van der Waals surface area contributed by atoms with E-state index in [-0.39, 0.29) is 11.0 Å². The van der Waals surface area contributed by atoms with Crippen LogP contribution in [0, 0.1) is 0 Å². The molecular weight excluding hydrogens is 414 g/mol. The van der Waals surface area contributed by atoms with Gasteiger partial charge in [-0.05, 0) is 30.5 Å². The van der Waals surface area contributed by atoms with Gasteiger partial charge < -0.3 is 4.98 Å². The molecule has 0 aliphatic carbocycles. The first-order valence-corrected chi connectivity index (χ1v) is 11.9. The number of para-hydroxylation sites is 1. The molecule has 0 saturated carbocycles. The highest BCUT2D eigenvalue weighted by Crippen LogP contribution is 2.34. The molecule has 9 heteroatoms. The zero-order valence-electron chi connectivity index (χ0n) is 15.4. The fourth-order valence-corrected chi connectivity index (χ4v) is 6.72. The quantitative estimate of drug-likeness (QED) is 0.639. The number of H-pyrrole nitrogens is 1. The summed E-state index contributed by atoms with van der Waals surface area (Å²) in [6.07, 6.45) is 0.505. The summed E-state index contributed by atoms with van der Waals surface area (Å²) in [5.74, 6) is 0.160. The summed E-state index contributed by atoms with van der Waals surface area (Å²) in [7, 11) is -2.05. The van der Waals surface area contributed by atoms with Crippen molar-refractivity contribution in [3.63, 3.8) is 0 Å². The van der Waals surface area contributed by atoms with Crippen LogP contribution < -0.4 is 4.31 Å². The molecule has 3 aromatic rings. The van der Waals surface area contributed by atoms with E-state index in [0.29, 0.717) is 22.9 Å². The molecule has 1 aromatic carbocycles. The molecule has 0 bridgehead atoms. The maximum Gasteiger partial charge on any atom is 0.273 e. The molecule has 146 valence electrons. The van der Waals surface area contributed by atoms with E-state index in [4.69, 9.17) is 0 Å². The molecule has 1 aliphatic rings. The van der Waals surface area contributed by atoms with Crippen LogP contribution in [0.15, 0.2) is 51.0 Å². The van der Waals surface area contributed by atoms with E-state index in [2.05, 4.69) is 9.98 Å². The Morgan fingerprint density at radius 2 is 2.14 bits per heavy atom. The first-order valence-electron chi connectivity index (χ1n) is 8.71. The van der Waals surface area contributed by atoms with Crippen LogP contribution in [0.1, 0.15) is 19.0 Å². The first kappa shape index (κ1) is 19.2. The number of thioether (sulfide) groups is 1. The van der Waals surface area contributed by atoms with E-state index in [1.54, 1.807) is 49.3 Å². The molecule has 0 saturated heterocycles. The molecule has 1 N–H and O–H groups in total. The lowest BCUT2D eigenvalue weighted by Crippen LogP contribution is -2.26. The van der Waals surface area contributed by atoms with E-state index in [1.165, 1.54) is 15.6 Å². The van der Waals surface area contributed by atoms with Crippen LogP contribution in [0.3, 0.4) is 0 Å². The third-order valence-electron chi connectivity index (χ3n) is 4.55.